The van der Waals surface area contributed by atoms with Gasteiger partial charge in [-0.25, -0.2) is 0 Å². The minimum atomic E-state index is 0.0684. The summed E-state index contributed by atoms with van der Waals surface area (Å²) >= 11 is 6.08. The molecule has 3 nitrogen and oxygen atoms in total. The smallest absolute Gasteiger partial charge is 0.142 e. The van der Waals surface area contributed by atoms with Crippen molar-refractivity contribution in [3.8, 4) is 11.5 Å². The fourth-order valence-electron chi connectivity index (χ4n) is 2.23. The van der Waals surface area contributed by atoms with E-state index in [4.69, 9.17) is 21.1 Å². The van der Waals surface area contributed by atoms with Crippen molar-refractivity contribution >= 4 is 17.3 Å². The first-order chi connectivity index (χ1) is 10.2. The van der Waals surface area contributed by atoms with Gasteiger partial charge in [0.1, 0.15) is 11.5 Å². The van der Waals surface area contributed by atoms with E-state index in [1.54, 1.807) is 7.11 Å². The zero-order valence-electron chi connectivity index (χ0n) is 12.5. The Morgan fingerprint density at radius 2 is 1.90 bits per heavy atom. The number of nitrogens with one attached hydrogen (secondary N) is 1. The van der Waals surface area contributed by atoms with Gasteiger partial charge in [0, 0.05) is 10.6 Å². The van der Waals surface area contributed by atoms with Gasteiger partial charge in [-0.3, -0.25) is 0 Å². The fourth-order valence-corrected chi connectivity index (χ4v) is 2.40. The molecule has 0 aromatic heterocycles. The minimum absolute atomic E-state index is 0.0684. The molecule has 112 valence electrons. The third-order valence-electron chi connectivity index (χ3n) is 3.22. The van der Waals surface area contributed by atoms with E-state index in [2.05, 4.69) is 12.2 Å². The van der Waals surface area contributed by atoms with Crippen molar-refractivity contribution in [2.75, 3.05) is 19.0 Å². The minimum Gasteiger partial charge on any atom is -0.496 e. The highest BCUT2D eigenvalue weighted by Crippen LogP contribution is 2.33. The van der Waals surface area contributed by atoms with Gasteiger partial charge >= 0.3 is 0 Å². The molecule has 0 fully saturated rings. The second-order valence-corrected chi connectivity index (χ2v) is 5.12. The van der Waals surface area contributed by atoms with Crippen LogP contribution in [0.2, 0.25) is 5.02 Å². The lowest BCUT2D eigenvalue weighted by Crippen LogP contribution is -2.09. The molecular weight excluding hydrogens is 286 g/mol. The molecular formula is C17H20ClNO2. The van der Waals surface area contributed by atoms with Crippen LogP contribution in [0.5, 0.6) is 11.5 Å². The molecule has 0 aliphatic heterocycles. The molecule has 0 heterocycles. The lowest BCUT2D eigenvalue weighted by Gasteiger charge is -2.20. The molecule has 0 spiro atoms. The Morgan fingerprint density at radius 1 is 1.14 bits per heavy atom. The van der Waals surface area contributed by atoms with E-state index in [1.807, 2.05) is 49.4 Å². The standard InChI is InChI=1S/C17H20ClNO2/c1-4-21-17-10-9-13(18)11-15(17)19-12(2)14-7-5-6-8-16(14)20-3/h5-12,19H,4H2,1-3H3. The highest BCUT2D eigenvalue weighted by atomic mass is 35.5. The summed E-state index contributed by atoms with van der Waals surface area (Å²) in [6.45, 7) is 4.65. The van der Waals surface area contributed by atoms with Gasteiger partial charge in [0.05, 0.1) is 25.4 Å². The van der Waals surface area contributed by atoms with Gasteiger partial charge in [-0.15, -0.1) is 0 Å². The van der Waals surface area contributed by atoms with Crippen molar-refractivity contribution in [3.05, 3.63) is 53.1 Å². The van der Waals surface area contributed by atoms with E-state index in [0.717, 1.165) is 22.7 Å². The predicted molar refractivity (Wildman–Crippen MR) is 87.7 cm³/mol. The number of hydrogen-bond donors (Lipinski definition) is 1. The highest BCUT2D eigenvalue weighted by molar-refractivity contribution is 6.30. The first-order valence-electron chi connectivity index (χ1n) is 6.97. The largest absolute Gasteiger partial charge is 0.496 e. The lowest BCUT2D eigenvalue weighted by atomic mass is 10.1. The van der Waals surface area contributed by atoms with Crippen LogP contribution in [-0.4, -0.2) is 13.7 Å². The predicted octanol–water partition coefficient (Wildman–Crippen LogP) is 4.92. The number of hydrogen-bond acceptors (Lipinski definition) is 3. The molecule has 1 atom stereocenters. The van der Waals surface area contributed by atoms with Gasteiger partial charge in [0.25, 0.3) is 0 Å². The van der Waals surface area contributed by atoms with Crippen LogP contribution in [0.3, 0.4) is 0 Å². The summed E-state index contributed by atoms with van der Waals surface area (Å²) in [5.74, 6) is 1.65. The van der Waals surface area contributed by atoms with E-state index >= 15 is 0 Å². The molecule has 1 N–H and O–H groups in total. The molecule has 0 aliphatic rings. The molecule has 2 aromatic rings. The van der Waals surface area contributed by atoms with Gasteiger partial charge in [-0.05, 0) is 38.1 Å². The number of halogens is 1. The quantitative estimate of drug-likeness (QED) is 0.821. The molecule has 0 aliphatic carbocycles. The topological polar surface area (TPSA) is 30.5 Å². The molecule has 21 heavy (non-hydrogen) atoms. The molecule has 0 bridgehead atoms. The summed E-state index contributed by atoms with van der Waals surface area (Å²) in [4.78, 5) is 0. The van der Waals surface area contributed by atoms with Gasteiger partial charge in [0.2, 0.25) is 0 Å². The number of anilines is 1. The molecule has 0 amide bonds. The van der Waals surface area contributed by atoms with Crippen molar-refractivity contribution in [3.63, 3.8) is 0 Å². The average Bonchev–Trinajstić information content (AvgIpc) is 2.50. The molecule has 1 unspecified atom stereocenters. The molecule has 2 aromatic carbocycles. The number of benzene rings is 2. The molecule has 4 heteroatoms. The summed E-state index contributed by atoms with van der Waals surface area (Å²) in [6, 6.07) is 13.6. The SMILES string of the molecule is CCOc1ccc(Cl)cc1NC(C)c1ccccc1OC. The van der Waals surface area contributed by atoms with Crippen LogP contribution >= 0.6 is 11.6 Å². The third-order valence-corrected chi connectivity index (χ3v) is 3.45. The van der Waals surface area contributed by atoms with Gasteiger partial charge < -0.3 is 14.8 Å². The lowest BCUT2D eigenvalue weighted by molar-refractivity contribution is 0.341. The summed E-state index contributed by atoms with van der Waals surface area (Å²) in [5.41, 5.74) is 1.96. The average molecular weight is 306 g/mol. The highest BCUT2D eigenvalue weighted by Gasteiger charge is 2.13. The Morgan fingerprint density at radius 3 is 2.62 bits per heavy atom. The molecule has 0 saturated heterocycles. The van der Waals surface area contributed by atoms with Crippen LogP contribution in [0.25, 0.3) is 0 Å². The molecule has 0 radical (unpaired) electrons. The maximum absolute atomic E-state index is 6.08. The van der Waals surface area contributed by atoms with Crippen molar-refractivity contribution in [1.29, 1.82) is 0 Å². The number of para-hydroxylation sites is 1. The maximum Gasteiger partial charge on any atom is 0.142 e. The number of methoxy groups -OCH3 is 1. The number of ether oxygens (including phenoxy) is 2. The van der Waals surface area contributed by atoms with Gasteiger partial charge in [-0.2, -0.15) is 0 Å². The van der Waals surface area contributed by atoms with Crippen LogP contribution in [0, 0.1) is 0 Å². The summed E-state index contributed by atoms with van der Waals surface area (Å²) in [5, 5.41) is 4.11. The second-order valence-electron chi connectivity index (χ2n) is 4.68. The van der Waals surface area contributed by atoms with Crippen LogP contribution in [-0.2, 0) is 0 Å². The van der Waals surface area contributed by atoms with Crippen LogP contribution < -0.4 is 14.8 Å². The summed E-state index contributed by atoms with van der Waals surface area (Å²) in [6.07, 6.45) is 0. The van der Waals surface area contributed by atoms with Crippen LogP contribution in [0.15, 0.2) is 42.5 Å². The zero-order chi connectivity index (χ0) is 15.2. The third kappa shape index (κ3) is 3.82. The first kappa shape index (κ1) is 15.5. The number of rotatable bonds is 6. The Hall–Kier alpha value is -1.87. The fraction of sp³-hybridized carbons (Fsp3) is 0.294. The van der Waals surface area contributed by atoms with E-state index in [-0.39, 0.29) is 6.04 Å². The maximum atomic E-state index is 6.08. The van der Waals surface area contributed by atoms with Crippen molar-refractivity contribution in [1.82, 2.24) is 0 Å². The van der Waals surface area contributed by atoms with E-state index in [0.29, 0.717) is 11.6 Å². The van der Waals surface area contributed by atoms with E-state index in [1.165, 1.54) is 0 Å². The zero-order valence-corrected chi connectivity index (χ0v) is 13.3. The van der Waals surface area contributed by atoms with Crippen molar-refractivity contribution in [2.24, 2.45) is 0 Å². The monoisotopic (exact) mass is 305 g/mol. The van der Waals surface area contributed by atoms with Gasteiger partial charge in [-0.1, -0.05) is 29.8 Å². The van der Waals surface area contributed by atoms with E-state index < -0.39 is 0 Å². The van der Waals surface area contributed by atoms with Crippen LogP contribution in [0.4, 0.5) is 5.69 Å². The Labute approximate surface area is 130 Å². The van der Waals surface area contributed by atoms with E-state index in [9.17, 15) is 0 Å². The second kappa shape index (κ2) is 7.23. The molecule has 2 rings (SSSR count). The summed E-state index contributed by atoms with van der Waals surface area (Å²) < 4.78 is 11.0. The molecule has 0 saturated carbocycles. The Kier molecular flexibility index (Phi) is 5.34. The normalized spacial score (nSPS) is 11.8. The van der Waals surface area contributed by atoms with Crippen molar-refractivity contribution < 1.29 is 9.47 Å². The van der Waals surface area contributed by atoms with Gasteiger partial charge in [0.15, 0.2) is 0 Å². The first-order valence-corrected chi connectivity index (χ1v) is 7.35. The Balaban J connectivity index is 2.26. The Bertz CT molecular complexity index is 601. The van der Waals surface area contributed by atoms with Crippen LogP contribution in [0.1, 0.15) is 25.5 Å². The summed E-state index contributed by atoms with van der Waals surface area (Å²) in [7, 11) is 1.68. The van der Waals surface area contributed by atoms with Crippen molar-refractivity contribution in [2.45, 2.75) is 19.9 Å².